The quantitative estimate of drug-likeness (QED) is 0.836. The highest BCUT2D eigenvalue weighted by Gasteiger charge is 2.19. The standard InChI is InChI=1S/C18H29NO2/c1-5-19-17(12-21-11-16-6-7-20-10-16)18-14(3)8-13(2)9-15(18)4/h8-9,16-17,19H,5-7,10-12H2,1-4H3. The van der Waals surface area contributed by atoms with E-state index in [4.69, 9.17) is 9.47 Å². The number of ether oxygens (including phenoxy) is 2. The molecular weight excluding hydrogens is 262 g/mol. The molecule has 1 saturated heterocycles. The van der Waals surface area contributed by atoms with Gasteiger partial charge in [0.2, 0.25) is 0 Å². The fourth-order valence-corrected chi connectivity index (χ4v) is 3.30. The molecule has 1 aromatic carbocycles. The lowest BCUT2D eigenvalue weighted by Gasteiger charge is -2.23. The molecule has 0 spiro atoms. The van der Waals surface area contributed by atoms with E-state index in [1.807, 2.05) is 0 Å². The third kappa shape index (κ3) is 4.53. The summed E-state index contributed by atoms with van der Waals surface area (Å²) in [5, 5.41) is 3.57. The Morgan fingerprint density at radius 2 is 2.00 bits per heavy atom. The molecule has 2 unspecified atom stereocenters. The number of hydrogen-bond acceptors (Lipinski definition) is 3. The van der Waals surface area contributed by atoms with Crippen LogP contribution in [-0.4, -0.2) is 33.0 Å². The minimum Gasteiger partial charge on any atom is -0.381 e. The molecule has 1 N–H and O–H groups in total. The minimum absolute atomic E-state index is 0.276. The Morgan fingerprint density at radius 3 is 2.57 bits per heavy atom. The van der Waals surface area contributed by atoms with Crippen LogP contribution in [0.15, 0.2) is 12.1 Å². The van der Waals surface area contributed by atoms with E-state index in [2.05, 4.69) is 45.1 Å². The molecule has 21 heavy (non-hydrogen) atoms. The van der Waals surface area contributed by atoms with Crippen molar-refractivity contribution in [3.8, 4) is 0 Å². The summed E-state index contributed by atoms with van der Waals surface area (Å²) in [7, 11) is 0. The van der Waals surface area contributed by atoms with Gasteiger partial charge in [-0.05, 0) is 50.4 Å². The Labute approximate surface area is 129 Å². The van der Waals surface area contributed by atoms with E-state index in [1.165, 1.54) is 22.3 Å². The predicted octanol–water partition coefficient (Wildman–Crippen LogP) is 3.32. The number of hydrogen-bond donors (Lipinski definition) is 1. The summed E-state index contributed by atoms with van der Waals surface area (Å²) in [6, 6.07) is 4.80. The number of likely N-dealkylation sites (N-methyl/N-ethyl adjacent to an activating group) is 1. The van der Waals surface area contributed by atoms with Crippen molar-refractivity contribution in [1.82, 2.24) is 5.32 Å². The van der Waals surface area contributed by atoms with E-state index >= 15 is 0 Å². The number of rotatable bonds is 7. The van der Waals surface area contributed by atoms with Crippen LogP contribution in [0.4, 0.5) is 0 Å². The van der Waals surface area contributed by atoms with Gasteiger partial charge in [-0.1, -0.05) is 24.6 Å². The van der Waals surface area contributed by atoms with Crippen LogP contribution in [-0.2, 0) is 9.47 Å². The molecule has 0 aromatic heterocycles. The van der Waals surface area contributed by atoms with Crippen molar-refractivity contribution >= 4 is 0 Å². The lowest BCUT2D eigenvalue weighted by molar-refractivity contribution is 0.0745. The zero-order chi connectivity index (χ0) is 15.2. The maximum absolute atomic E-state index is 5.98. The molecule has 0 radical (unpaired) electrons. The third-order valence-electron chi connectivity index (χ3n) is 4.20. The van der Waals surface area contributed by atoms with Gasteiger partial charge in [0, 0.05) is 12.5 Å². The van der Waals surface area contributed by atoms with Crippen LogP contribution < -0.4 is 5.32 Å². The molecule has 1 aromatic rings. The zero-order valence-electron chi connectivity index (χ0n) is 13.9. The molecule has 1 fully saturated rings. The average Bonchev–Trinajstić information content (AvgIpc) is 2.90. The molecule has 0 aliphatic carbocycles. The van der Waals surface area contributed by atoms with Gasteiger partial charge in [0.15, 0.2) is 0 Å². The Kier molecular flexibility index (Phi) is 6.22. The maximum atomic E-state index is 5.98. The summed E-state index contributed by atoms with van der Waals surface area (Å²) >= 11 is 0. The first kappa shape index (κ1) is 16.5. The van der Waals surface area contributed by atoms with Gasteiger partial charge in [-0.15, -0.1) is 0 Å². The second-order valence-corrected chi connectivity index (χ2v) is 6.19. The summed E-state index contributed by atoms with van der Waals surface area (Å²) in [5.41, 5.74) is 5.43. The first-order chi connectivity index (χ1) is 10.1. The molecule has 118 valence electrons. The monoisotopic (exact) mass is 291 g/mol. The van der Waals surface area contributed by atoms with E-state index < -0.39 is 0 Å². The van der Waals surface area contributed by atoms with E-state index in [0.29, 0.717) is 5.92 Å². The first-order valence-electron chi connectivity index (χ1n) is 8.08. The molecule has 1 aliphatic heterocycles. The highest BCUT2D eigenvalue weighted by Crippen LogP contribution is 2.24. The highest BCUT2D eigenvalue weighted by molar-refractivity contribution is 5.39. The molecule has 0 amide bonds. The summed E-state index contributed by atoms with van der Waals surface area (Å²) < 4.78 is 11.4. The lowest BCUT2D eigenvalue weighted by atomic mass is 9.94. The number of benzene rings is 1. The molecular formula is C18H29NO2. The van der Waals surface area contributed by atoms with Gasteiger partial charge in [0.1, 0.15) is 0 Å². The van der Waals surface area contributed by atoms with E-state index in [0.717, 1.165) is 39.4 Å². The molecule has 1 aliphatic rings. The van der Waals surface area contributed by atoms with Gasteiger partial charge >= 0.3 is 0 Å². The minimum atomic E-state index is 0.276. The highest BCUT2D eigenvalue weighted by atomic mass is 16.5. The molecule has 0 saturated carbocycles. The molecule has 2 rings (SSSR count). The average molecular weight is 291 g/mol. The summed E-state index contributed by atoms with van der Waals surface area (Å²) in [6.07, 6.45) is 1.13. The predicted molar refractivity (Wildman–Crippen MR) is 86.8 cm³/mol. The van der Waals surface area contributed by atoms with E-state index in [9.17, 15) is 0 Å². The second-order valence-electron chi connectivity index (χ2n) is 6.19. The SMILES string of the molecule is CCNC(COCC1CCOC1)c1c(C)cc(C)cc1C. The Morgan fingerprint density at radius 1 is 1.29 bits per heavy atom. The van der Waals surface area contributed by atoms with E-state index in [1.54, 1.807) is 0 Å². The van der Waals surface area contributed by atoms with Gasteiger partial charge in [-0.2, -0.15) is 0 Å². The van der Waals surface area contributed by atoms with Crippen molar-refractivity contribution in [3.05, 3.63) is 34.4 Å². The molecule has 2 atom stereocenters. The van der Waals surface area contributed by atoms with Gasteiger partial charge in [0.05, 0.1) is 25.9 Å². The topological polar surface area (TPSA) is 30.5 Å². The van der Waals surface area contributed by atoms with Crippen LogP contribution in [0.1, 0.15) is 41.6 Å². The second kappa shape index (κ2) is 7.92. The molecule has 1 heterocycles. The number of nitrogens with one attached hydrogen (secondary N) is 1. The Balaban J connectivity index is 2.00. The van der Waals surface area contributed by atoms with Gasteiger partial charge < -0.3 is 14.8 Å². The van der Waals surface area contributed by atoms with Crippen molar-refractivity contribution in [3.63, 3.8) is 0 Å². The molecule has 3 heteroatoms. The largest absolute Gasteiger partial charge is 0.381 e. The zero-order valence-corrected chi connectivity index (χ0v) is 13.9. The molecule has 3 nitrogen and oxygen atoms in total. The van der Waals surface area contributed by atoms with Crippen molar-refractivity contribution in [2.24, 2.45) is 5.92 Å². The smallest absolute Gasteiger partial charge is 0.0661 e. The van der Waals surface area contributed by atoms with Crippen LogP contribution in [0, 0.1) is 26.7 Å². The van der Waals surface area contributed by atoms with Crippen LogP contribution >= 0.6 is 0 Å². The fraction of sp³-hybridized carbons (Fsp3) is 0.667. The Bertz CT molecular complexity index is 430. The third-order valence-corrected chi connectivity index (χ3v) is 4.20. The Hall–Kier alpha value is -0.900. The van der Waals surface area contributed by atoms with Crippen molar-refractivity contribution in [1.29, 1.82) is 0 Å². The summed E-state index contributed by atoms with van der Waals surface area (Å²) in [4.78, 5) is 0. The summed E-state index contributed by atoms with van der Waals surface area (Å²) in [5.74, 6) is 0.576. The lowest BCUT2D eigenvalue weighted by Crippen LogP contribution is -2.28. The van der Waals surface area contributed by atoms with Gasteiger partial charge in [-0.3, -0.25) is 0 Å². The fourth-order valence-electron chi connectivity index (χ4n) is 3.30. The first-order valence-corrected chi connectivity index (χ1v) is 8.08. The number of aryl methyl sites for hydroxylation is 3. The van der Waals surface area contributed by atoms with E-state index in [-0.39, 0.29) is 6.04 Å². The van der Waals surface area contributed by atoms with Crippen molar-refractivity contribution < 1.29 is 9.47 Å². The van der Waals surface area contributed by atoms with Crippen LogP contribution in [0.25, 0.3) is 0 Å². The van der Waals surface area contributed by atoms with Crippen LogP contribution in [0.5, 0.6) is 0 Å². The van der Waals surface area contributed by atoms with Gasteiger partial charge in [-0.25, -0.2) is 0 Å². The van der Waals surface area contributed by atoms with Crippen LogP contribution in [0.2, 0.25) is 0 Å². The van der Waals surface area contributed by atoms with Crippen molar-refractivity contribution in [2.45, 2.75) is 40.2 Å². The maximum Gasteiger partial charge on any atom is 0.0661 e. The van der Waals surface area contributed by atoms with Gasteiger partial charge in [0.25, 0.3) is 0 Å². The summed E-state index contributed by atoms with van der Waals surface area (Å²) in [6.45, 7) is 12.9. The van der Waals surface area contributed by atoms with Crippen LogP contribution in [0.3, 0.4) is 0 Å². The normalized spacial score (nSPS) is 19.9. The molecule has 0 bridgehead atoms. The van der Waals surface area contributed by atoms with Crippen molar-refractivity contribution in [2.75, 3.05) is 33.0 Å².